The Morgan fingerprint density at radius 2 is 1.50 bits per heavy atom. The van der Waals surface area contributed by atoms with Gasteiger partial charge in [0.1, 0.15) is 6.29 Å². The van der Waals surface area contributed by atoms with Crippen molar-refractivity contribution in [2.24, 2.45) is 17.8 Å². The number of hydrogen-bond acceptors (Lipinski definition) is 1. The lowest BCUT2D eigenvalue weighted by Gasteiger charge is -2.53. The molecule has 0 saturated heterocycles. The van der Waals surface area contributed by atoms with Gasteiger partial charge in [0, 0.05) is 5.92 Å². The van der Waals surface area contributed by atoms with Crippen LogP contribution in [0.15, 0.2) is 0 Å². The number of hydrogen-bond donors (Lipinski definition) is 0. The second kappa shape index (κ2) is 5.94. The average molecular weight is 295 g/mol. The molecular weight excluding hydrogens is 260 g/mol. The van der Waals surface area contributed by atoms with E-state index in [4.69, 9.17) is 0 Å². The predicted octanol–water partition coefficient (Wildman–Crippen LogP) is 5.67. The van der Waals surface area contributed by atoms with Crippen LogP contribution in [0.25, 0.3) is 0 Å². The van der Waals surface area contributed by atoms with Crippen molar-refractivity contribution in [2.75, 3.05) is 0 Å². The lowest BCUT2D eigenvalue weighted by molar-refractivity contribution is -0.112. The molecule has 2 aliphatic rings. The van der Waals surface area contributed by atoms with E-state index in [0.717, 1.165) is 34.0 Å². The number of fused-ring (bicyclic) bond motifs is 2. The van der Waals surface area contributed by atoms with Gasteiger partial charge in [-0.2, -0.15) is 0 Å². The highest BCUT2D eigenvalue weighted by atomic mass is 28.3. The third kappa shape index (κ3) is 2.22. The van der Waals surface area contributed by atoms with Crippen molar-refractivity contribution < 1.29 is 4.79 Å². The van der Waals surface area contributed by atoms with Gasteiger partial charge in [-0.3, -0.25) is 0 Å². The standard InChI is InChI=1S/C18H34OSi/c1-12(2)20(13(3)4,14(5)6)18-15-8-7-9-17(18)16(10-15)11-19/h11-18H,7-10H2,1-6H3/t15-,16+,17+,18-/m1/s1. The van der Waals surface area contributed by atoms with Crippen LogP contribution < -0.4 is 0 Å². The number of aldehydes is 1. The molecule has 0 aliphatic heterocycles. The molecule has 0 amide bonds. The molecule has 0 radical (unpaired) electrons. The van der Waals surface area contributed by atoms with E-state index in [1.807, 2.05) is 0 Å². The molecule has 4 atom stereocenters. The molecule has 0 aromatic carbocycles. The smallest absolute Gasteiger partial charge is 0.123 e. The van der Waals surface area contributed by atoms with Gasteiger partial charge >= 0.3 is 0 Å². The van der Waals surface area contributed by atoms with Crippen molar-refractivity contribution in [1.29, 1.82) is 0 Å². The van der Waals surface area contributed by atoms with Crippen LogP contribution in [0.4, 0.5) is 0 Å². The lowest BCUT2D eigenvalue weighted by atomic mass is 9.86. The Bertz CT molecular complexity index is 326. The minimum Gasteiger partial charge on any atom is -0.303 e. The molecule has 1 nitrogen and oxygen atoms in total. The summed E-state index contributed by atoms with van der Waals surface area (Å²) < 4.78 is 0. The highest BCUT2D eigenvalue weighted by molar-refractivity contribution is 6.85. The minimum atomic E-state index is -1.41. The molecule has 2 heteroatoms. The highest BCUT2D eigenvalue weighted by Gasteiger charge is 2.59. The maximum atomic E-state index is 11.5. The van der Waals surface area contributed by atoms with Gasteiger partial charge < -0.3 is 4.79 Å². The van der Waals surface area contributed by atoms with Crippen LogP contribution in [0, 0.1) is 17.8 Å². The van der Waals surface area contributed by atoms with Crippen LogP contribution >= 0.6 is 0 Å². The largest absolute Gasteiger partial charge is 0.303 e. The summed E-state index contributed by atoms with van der Waals surface area (Å²) in [5.74, 6) is 1.98. The van der Waals surface area contributed by atoms with Gasteiger partial charge in [-0.25, -0.2) is 0 Å². The summed E-state index contributed by atoms with van der Waals surface area (Å²) in [5.41, 5.74) is 3.41. The summed E-state index contributed by atoms with van der Waals surface area (Å²) in [6.45, 7) is 14.9. The van der Waals surface area contributed by atoms with Crippen molar-refractivity contribution in [3.05, 3.63) is 0 Å². The first-order valence-electron chi connectivity index (χ1n) is 8.82. The Morgan fingerprint density at radius 1 is 0.950 bits per heavy atom. The van der Waals surface area contributed by atoms with Crippen molar-refractivity contribution in [1.82, 2.24) is 0 Å². The summed E-state index contributed by atoms with van der Waals surface area (Å²) in [6.07, 6.45) is 6.61. The molecule has 0 heterocycles. The van der Waals surface area contributed by atoms with E-state index in [-0.39, 0.29) is 0 Å². The topological polar surface area (TPSA) is 17.1 Å². The highest BCUT2D eigenvalue weighted by Crippen LogP contribution is 2.64. The Hall–Kier alpha value is -0.113. The lowest BCUT2D eigenvalue weighted by Crippen LogP contribution is -2.52. The van der Waals surface area contributed by atoms with Crippen LogP contribution in [-0.4, -0.2) is 14.4 Å². The Balaban J connectivity index is 2.46. The number of carbonyl (C=O) groups is 1. The molecule has 116 valence electrons. The normalized spacial score (nSPS) is 34.2. The third-order valence-electron chi connectivity index (χ3n) is 6.96. The fraction of sp³-hybridized carbons (Fsp3) is 0.944. The third-order valence-corrected chi connectivity index (χ3v) is 15.0. The molecule has 2 bridgehead atoms. The quantitative estimate of drug-likeness (QED) is 0.471. The molecule has 2 saturated carbocycles. The maximum absolute atomic E-state index is 11.5. The molecule has 0 aromatic rings. The molecular formula is C18H34OSi. The van der Waals surface area contributed by atoms with Crippen molar-refractivity contribution >= 4 is 14.4 Å². The summed E-state index contributed by atoms with van der Waals surface area (Å²) in [6, 6.07) is 0. The predicted molar refractivity (Wildman–Crippen MR) is 89.8 cm³/mol. The van der Waals surface area contributed by atoms with Crippen molar-refractivity contribution in [3.8, 4) is 0 Å². The monoisotopic (exact) mass is 294 g/mol. The second-order valence-corrected chi connectivity index (χ2v) is 14.5. The van der Waals surface area contributed by atoms with E-state index in [1.165, 1.54) is 32.0 Å². The molecule has 0 spiro atoms. The molecule has 2 fully saturated rings. The summed E-state index contributed by atoms with van der Waals surface area (Å²) in [7, 11) is -1.41. The van der Waals surface area contributed by atoms with Crippen LogP contribution in [-0.2, 0) is 4.79 Å². The number of rotatable bonds is 5. The van der Waals surface area contributed by atoms with Crippen molar-refractivity contribution in [2.45, 2.75) is 89.4 Å². The van der Waals surface area contributed by atoms with E-state index < -0.39 is 8.07 Å². The minimum absolute atomic E-state index is 0.385. The van der Waals surface area contributed by atoms with Gasteiger partial charge in [0.15, 0.2) is 0 Å². The summed E-state index contributed by atoms with van der Waals surface area (Å²) in [4.78, 5) is 11.5. The van der Waals surface area contributed by atoms with Gasteiger partial charge in [-0.05, 0) is 30.2 Å². The Labute approximate surface area is 126 Å². The first-order chi connectivity index (χ1) is 9.37. The zero-order valence-corrected chi connectivity index (χ0v) is 15.4. The van der Waals surface area contributed by atoms with E-state index in [0.29, 0.717) is 5.92 Å². The Morgan fingerprint density at radius 3 is 1.95 bits per heavy atom. The van der Waals surface area contributed by atoms with Gasteiger partial charge in [0.05, 0.1) is 8.07 Å². The molecule has 20 heavy (non-hydrogen) atoms. The van der Waals surface area contributed by atoms with Crippen LogP contribution in [0.5, 0.6) is 0 Å². The zero-order chi connectivity index (χ0) is 15.1. The van der Waals surface area contributed by atoms with E-state index in [9.17, 15) is 4.79 Å². The van der Waals surface area contributed by atoms with E-state index >= 15 is 0 Å². The first kappa shape index (κ1) is 16.3. The second-order valence-electron chi connectivity index (χ2n) is 8.38. The molecule has 0 N–H and O–H groups in total. The van der Waals surface area contributed by atoms with Crippen molar-refractivity contribution in [3.63, 3.8) is 0 Å². The SMILES string of the molecule is CC(C)[Si](C(C)C)(C(C)C)[C@@H]1[C@@H]2CCC[C@H]1[C@H](C=O)C2. The molecule has 0 unspecified atom stereocenters. The van der Waals surface area contributed by atoms with Crippen LogP contribution in [0.3, 0.4) is 0 Å². The zero-order valence-electron chi connectivity index (χ0n) is 14.4. The maximum Gasteiger partial charge on any atom is 0.123 e. The Kier molecular flexibility index (Phi) is 4.83. The molecule has 2 aliphatic carbocycles. The van der Waals surface area contributed by atoms with Gasteiger partial charge in [0.2, 0.25) is 0 Å². The van der Waals surface area contributed by atoms with Gasteiger partial charge in [-0.15, -0.1) is 0 Å². The first-order valence-corrected chi connectivity index (χ1v) is 11.1. The van der Waals surface area contributed by atoms with E-state index in [1.54, 1.807) is 0 Å². The molecule has 0 aromatic heterocycles. The summed E-state index contributed by atoms with van der Waals surface area (Å²) >= 11 is 0. The molecule has 2 rings (SSSR count). The summed E-state index contributed by atoms with van der Waals surface area (Å²) in [5, 5.41) is 0. The van der Waals surface area contributed by atoms with Gasteiger partial charge in [0.25, 0.3) is 0 Å². The fourth-order valence-electron chi connectivity index (χ4n) is 6.68. The average Bonchev–Trinajstić information content (AvgIpc) is 2.56. The number of carbonyl (C=O) groups excluding carboxylic acids is 1. The van der Waals surface area contributed by atoms with Gasteiger partial charge in [-0.1, -0.05) is 71.0 Å². The van der Waals surface area contributed by atoms with Crippen LogP contribution in [0.1, 0.15) is 67.2 Å². The van der Waals surface area contributed by atoms with Crippen LogP contribution in [0.2, 0.25) is 22.2 Å². The van der Waals surface area contributed by atoms with E-state index in [2.05, 4.69) is 41.5 Å². The fourth-order valence-corrected chi connectivity index (χ4v) is 15.3.